The van der Waals surface area contributed by atoms with E-state index in [4.69, 9.17) is 0 Å². The van der Waals surface area contributed by atoms with E-state index >= 15 is 0 Å². The van der Waals surface area contributed by atoms with Crippen molar-refractivity contribution < 1.29 is 4.79 Å². The van der Waals surface area contributed by atoms with Crippen LogP contribution in [0, 0.1) is 3.57 Å². The fraction of sp³-hybridized carbons (Fsp3) is 0.583. The number of hydrogen-bond acceptors (Lipinski definition) is 4. The SMILES string of the molecule is O=C(CCNc1ncc(I)cn1)N1CCCCC1. The Bertz CT molecular complexity index is 390. The predicted molar refractivity (Wildman–Crippen MR) is 78.3 cm³/mol. The molecule has 0 radical (unpaired) electrons. The van der Waals surface area contributed by atoms with Crippen molar-refractivity contribution in [2.75, 3.05) is 25.0 Å². The first-order valence-electron chi connectivity index (χ1n) is 6.25. The smallest absolute Gasteiger partial charge is 0.224 e. The van der Waals surface area contributed by atoms with Crippen molar-refractivity contribution in [1.82, 2.24) is 14.9 Å². The lowest BCUT2D eigenvalue weighted by Gasteiger charge is -2.26. The van der Waals surface area contributed by atoms with Crippen molar-refractivity contribution >= 4 is 34.4 Å². The maximum atomic E-state index is 11.9. The Morgan fingerprint density at radius 2 is 1.94 bits per heavy atom. The standard InChI is InChI=1S/C12H17IN4O/c13-10-8-15-12(16-9-10)14-5-4-11(18)17-6-2-1-3-7-17/h8-9H,1-7H2,(H,14,15,16). The molecular weight excluding hydrogens is 343 g/mol. The summed E-state index contributed by atoms with van der Waals surface area (Å²) in [5.41, 5.74) is 0. The molecular formula is C12H17IN4O. The van der Waals surface area contributed by atoms with Gasteiger partial charge in [-0.3, -0.25) is 4.79 Å². The van der Waals surface area contributed by atoms with E-state index in [1.165, 1.54) is 6.42 Å². The van der Waals surface area contributed by atoms with E-state index in [0.717, 1.165) is 29.5 Å². The molecule has 2 heterocycles. The maximum Gasteiger partial charge on any atom is 0.224 e. The summed E-state index contributed by atoms with van der Waals surface area (Å²) in [7, 11) is 0. The van der Waals surface area contributed by atoms with Crippen molar-refractivity contribution in [3.63, 3.8) is 0 Å². The van der Waals surface area contributed by atoms with E-state index < -0.39 is 0 Å². The second-order valence-corrected chi connectivity index (χ2v) is 5.59. The van der Waals surface area contributed by atoms with Crippen LogP contribution in [0.5, 0.6) is 0 Å². The molecule has 0 spiro atoms. The molecule has 0 unspecified atom stereocenters. The molecule has 1 saturated heterocycles. The van der Waals surface area contributed by atoms with Crippen molar-refractivity contribution in [2.45, 2.75) is 25.7 Å². The van der Waals surface area contributed by atoms with Gasteiger partial charge < -0.3 is 10.2 Å². The topological polar surface area (TPSA) is 58.1 Å². The molecule has 1 aliphatic heterocycles. The predicted octanol–water partition coefficient (Wildman–Crippen LogP) is 1.90. The number of likely N-dealkylation sites (tertiary alicyclic amines) is 1. The minimum atomic E-state index is 0.229. The Morgan fingerprint density at radius 3 is 2.61 bits per heavy atom. The van der Waals surface area contributed by atoms with Gasteiger partial charge in [-0.15, -0.1) is 0 Å². The molecule has 1 amide bonds. The van der Waals surface area contributed by atoms with Gasteiger partial charge in [0.2, 0.25) is 11.9 Å². The summed E-state index contributed by atoms with van der Waals surface area (Å²) in [5, 5.41) is 3.07. The Labute approximate surface area is 121 Å². The van der Waals surface area contributed by atoms with Gasteiger partial charge in [0.1, 0.15) is 0 Å². The van der Waals surface area contributed by atoms with Crippen molar-refractivity contribution in [3.05, 3.63) is 16.0 Å². The molecule has 1 aromatic heterocycles. The van der Waals surface area contributed by atoms with Gasteiger partial charge in [-0.25, -0.2) is 9.97 Å². The normalized spacial score (nSPS) is 15.5. The minimum Gasteiger partial charge on any atom is -0.354 e. The molecule has 1 aromatic rings. The summed E-state index contributed by atoms with van der Waals surface area (Å²) in [6, 6.07) is 0. The number of hydrogen-bond donors (Lipinski definition) is 1. The third kappa shape index (κ3) is 4.08. The van der Waals surface area contributed by atoms with Gasteiger partial charge in [-0.2, -0.15) is 0 Å². The Morgan fingerprint density at radius 1 is 1.28 bits per heavy atom. The zero-order valence-corrected chi connectivity index (χ0v) is 12.4. The number of halogens is 1. The fourth-order valence-corrected chi connectivity index (χ4v) is 2.26. The molecule has 0 bridgehead atoms. The minimum absolute atomic E-state index is 0.229. The van der Waals surface area contributed by atoms with Crippen molar-refractivity contribution in [3.8, 4) is 0 Å². The van der Waals surface area contributed by atoms with Crippen LogP contribution in [0.4, 0.5) is 5.95 Å². The molecule has 2 rings (SSSR count). The number of nitrogens with one attached hydrogen (secondary N) is 1. The lowest BCUT2D eigenvalue weighted by Crippen LogP contribution is -2.36. The van der Waals surface area contributed by atoms with E-state index in [-0.39, 0.29) is 5.91 Å². The molecule has 18 heavy (non-hydrogen) atoms. The molecule has 0 saturated carbocycles. The lowest BCUT2D eigenvalue weighted by molar-refractivity contribution is -0.131. The van der Waals surface area contributed by atoms with E-state index in [2.05, 4.69) is 37.9 Å². The molecule has 98 valence electrons. The summed E-state index contributed by atoms with van der Waals surface area (Å²) in [6.45, 7) is 2.42. The van der Waals surface area contributed by atoms with E-state index in [9.17, 15) is 4.79 Å². The highest BCUT2D eigenvalue weighted by Gasteiger charge is 2.15. The highest BCUT2D eigenvalue weighted by Crippen LogP contribution is 2.10. The van der Waals surface area contributed by atoms with Crippen LogP contribution in [-0.2, 0) is 4.79 Å². The number of anilines is 1. The summed E-state index contributed by atoms with van der Waals surface area (Å²) >= 11 is 2.16. The highest BCUT2D eigenvalue weighted by atomic mass is 127. The first-order valence-corrected chi connectivity index (χ1v) is 7.33. The Kier molecular flexibility index (Phi) is 5.15. The Hall–Kier alpha value is -0.920. The number of nitrogens with zero attached hydrogens (tertiary/aromatic N) is 3. The van der Waals surface area contributed by atoms with Gasteiger partial charge in [0, 0.05) is 42.0 Å². The third-order valence-electron chi connectivity index (χ3n) is 2.95. The average Bonchev–Trinajstić information content (AvgIpc) is 2.42. The first kappa shape index (κ1) is 13.5. The first-order chi connectivity index (χ1) is 8.75. The van der Waals surface area contributed by atoms with Gasteiger partial charge >= 0.3 is 0 Å². The molecule has 0 aromatic carbocycles. The van der Waals surface area contributed by atoms with Crippen LogP contribution in [0.2, 0.25) is 0 Å². The number of rotatable bonds is 4. The van der Waals surface area contributed by atoms with Crippen LogP contribution in [0.25, 0.3) is 0 Å². The molecule has 1 aliphatic rings. The van der Waals surface area contributed by atoms with E-state index in [1.54, 1.807) is 12.4 Å². The fourth-order valence-electron chi connectivity index (χ4n) is 1.99. The molecule has 6 heteroatoms. The zero-order chi connectivity index (χ0) is 12.8. The van der Waals surface area contributed by atoms with Crippen molar-refractivity contribution in [1.29, 1.82) is 0 Å². The largest absolute Gasteiger partial charge is 0.354 e. The monoisotopic (exact) mass is 360 g/mol. The van der Waals surface area contributed by atoms with Gasteiger partial charge in [-0.1, -0.05) is 0 Å². The van der Waals surface area contributed by atoms with Gasteiger partial charge in [0.15, 0.2) is 0 Å². The second-order valence-electron chi connectivity index (χ2n) is 4.34. The quantitative estimate of drug-likeness (QED) is 0.834. The highest BCUT2D eigenvalue weighted by molar-refractivity contribution is 14.1. The number of carbonyl (C=O) groups excluding carboxylic acids is 1. The third-order valence-corrected chi connectivity index (χ3v) is 3.51. The zero-order valence-electron chi connectivity index (χ0n) is 10.2. The molecule has 0 aliphatic carbocycles. The maximum absolute atomic E-state index is 11.9. The summed E-state index contributed by atoms with van der Waals surface area (Å²) in [6.07, 6.45) is 7.54. The molecule has 0 atom stereocenters. The molecule has 5 nitrogen and oxygen atoms in total. The average molecular weight is 360 g/mol. The van der Waals surface area contributed by atoms with Crippen LogP contribution in [-0.4, -0.2) is 40.4 Å². The summed E-state index contributed by atoms with van der Waals surface area (Å²) in [4.78, 5) is 22.1. The molecule has 1 N–H and O–H groups in total. The van der Waals surface area contributed by atoms with Crippen LogP contribution < -0.4 is 5.32 Å². The van der Waals surface area contributed by atoms with Crippen LogP contribution in [0.15, 0.2) is 12.4 Å². The number of piperidine rings is 1. The molecule has 1 fully saturated rings. The Balaban J connectivity index is 1.71. The van der Waals surface area contributed by atoms with Gasteiger partial charge in [0.05, 0.1) is 0 Å². The van der Waals surface area contributed by atoms with Crippen LogP contribution in [0.3, 0.4) is 0 Å². The number of carbonyl (C=O) groups is 1. The van der Waals surface area contributed by atoms with Crippen LogP contribution in [0.1, 0.15) is 25.7 Å². The van der Waals surface area contributed by atoms with Gasteiger partial charge in [-0.05, 0) is 41.9 Å². The van der Waals surface area contributed by atoms with Gasteiger partial charge in [0.25, 0.3) is 0 Å². The van der Waals surface area contributed by atoms with E-state index in [1.807, 2.05) is 4.90 Å². The van der Waals surface area contributed by atoms with E-state index in [0.29, 0.717) is 18.9 Å². The second kappa shape index (κ2) is 6.86. The number of amides is 1. The number of aromatic nitrogens is 2. The lowest BCUT2D eigenvalue weighted by atomic mass is 10.1. The van der Waals surface area contributed by atoms with Crippen LogP contribution >= 0.6 is 22.6 Å². The summed E-state index contributed by atoms with van der Waals surface area (Å²) in [5.74, 6) is 0.814. The van der Waals surface area contributed by atoms with Crippen molar-refractivity contribution in [2.24, 2.45) is 0 Å². The summed E-state index contributed by atoms with van der Waals surface area (Å²) < 4.78 is 1.00.